The van der Waals surface area contributed by atoms with E-state index < -0.39 is 0 Å². The molecule has 1 aromatic heterocycles. The number of rotatable bonds is 2. The van der Waals surface area contributed by atoms with E-state index in [1.807, 2.05) is 36.9 Å². The molecule has 2 heterocycles. The number of phenolic OH excluding ortho intramolecular Hbond substituents is 1. The van der Waals surface area contributed by atoms with Gasteiger partial charge in [0.2, 0.25) is 0 Å². The number of aryl methyl sites for hydroxylation is 3. The summed E-state index contributed by atoms with van der Waals surface area (Å²) in [4.78, 5) is 22.2. The average Bonchev–Trinajstić information content (AvgIpc) is 2.67. The molecule has 1 fully saturated rings. The van der Waals surface area contributed by atoms with E-state index in [2.05, 4.69) is 28.9 Å². The van der Waals surface area contributed by atoms with Gasteiger partial charge in [-0.2, -0.15) is 0 Å². The number of anilines is 1. The van der Waals surface area contributed by atoms with E-state index in [1.165, 1.54) is 0 Å². The number of aromatic nitrogens is 1. The number of fused-ring (bicyclic) bond motifs is 1. The van der Waals surface area contributed by atoms with Crippen LogP contribution in [0.25, 0.3) is 10.9 Å². The maximum Gasteiger partial charge on any atom is 0.254 e. The second-order valence-electron chi connectivity index (χ2n) is 7.58. The van der Waals surface area contributed by atoms with Crippen molar-refractivity contribution in [1.82, 2.24) is 9.88 Å². The quantitative estimate of drug-likeness (QED) is 0.740. The van der Waals surface area contributed by atoms with Gasteiger partial charge in [-0.25, -0.2) is 0 Å². The second-order valence-corrected chi connectivity index (χ2v) is 7.58. The van der Waals surface area contributed by atoms with Crippen LogP contribution in [0.15, 0.2) is 42.5 Å². The smallest absolute Gasteiger partial charge is 0.254 e. The molecular formula is C23H25N3O2. The number of carbonyl (C=O) groups excluding carboxylic acids is 1. The van der Waals surface area contributed by atoms with Crippen molar-refractivity contribution in [1.29, 1.82) is 0 Å². The molecule has 1 saturated heterocycles. The number of hydrogen-bond acceptors (Lipinski definition) is 4. The summed E-state index contributed by atoms with van der Waals surface area (Å²) < 4.78 is 0. The summed E-state index contributed by atoms with van der Waals surface area (Å²) >= 11 is 0. The lowest BCUT2D eigenvalue weighted by atomic mass is 9.99. The molecule has 28 heavy (non-hydrogen) atoms. The number of aromatic hydroxyl groups is 1. The fourth-order valence-electron chi connectivity index (χ4n) is 4.06. The fourth-order valence-corrected chi connectivity index (χ4v) is 4.06. The van der Waals surface area contributed by atoms with Gasteiger partial charge in [-0.15, -0.1) is 0 Å². The number of phenols is 1. The van der Waals surface area contributed by atoms with Gasteiger partial charge >= 0.3 is 0 Å². The van der Waals surface area contributed by atoms with E-state index in [-0.39, 0.29) is 11.7 Å². The van der Waals surface area contributed by atoms with Gasteiger partial charge in [0, 0.05) is 42.9 Å². The average molecular weight is 375 g/mol. The minimum atomic E-state index is 0.0767. The van der Waals surface area contributed by atoms with Crippen molar-refractivity contribution in [3.05, 3.63) is 64.8 Å². The van der Waals surface area contributed by atoms with Crippen molar-refractivity contribution in [2.75, 3.05) is 31.1 Å². The molecule has 4 rings (SSSR count). The minimum Gasteiger partial charge on any atom is -0.508 e. The topological polar surface area (TPSA) is 56.7 Å². The zero-order valence-corrected chi connectivity index (χ0v) is 16.6. The second kappa shape index (κ2) is 7.15. The standard InChI is InChI=1S/C23H25N3O2/c1-15-12-16(2)22-20(14-17(3)24-21(22)13-15)23(28)26-10-8-25(9-11-26)18-4-6-19(27)7-5-18/h4-7,12-14,27H,8-11H2,1-3H3. The van der Waals surface area contributed by atoms with Crippen LogP contribution in [0.5, 0.6) is 5.75 Å². The van der Waals surface area contributed by atoms with Crippen LogP contribution < -0.4 is 4.90 Å². The third-order valence-electron chi connectivity index (χ3n) is 5.39. The number of amides is 1. The van der Waals surface area contributed by atoms with Crippen LogP contribution in [-0.4, -0.2) is 47.1 Å². The van der Waals surface area contributed by atoms with Crippen LogP contribution >= 0.6 is 0 Å². The molecule has 5 nitrogen and oxygen atoms in total. The van der Waals surface area contributed by atoms with Gasteiger partial charge < -0.3 is 14.9 Å². The first-order valence-corrected chi connectivity index (χ1v) is 9.64. The number of nitrogens with zero attached hydrogens (tertiary/aromatic N) is 3. The first-order valence-electron chi connectivity index (χ1n) is 9.64. The van der Waals surface area contributed by atoms with Crippen molar-refractivity contribution in [2.45, 2.75) is 20.8 Å². The highest BCUT2D eigenvalue weighted by Crippen LogP contribution is 2.26. The maximum absolute atomic E-state index is 13.3. The zero-order chi connectivity index (χ0) is 19.8. The van der Waals surface area contributed by atoms with Gasteiger partial charge in [0.15, 0.2) is 0 Å². The Morgan fingerprint density at radius 1 is 0.964 bits per heavy atom. The third-order valence-corrected chi connectivity index (χ3v) is 5.39. The SMILES string of the molecule is Cc1cc(C)c2c(C(=O)N3CCN(c4ccc(O)cc4)CC3)cc(C)nc2c1. The van der Waals surface area contributed by atoms with Gasteiger partial charge in [-0.3, -0.25) is 9.78 Å². The Hall–Kier alpha value is -3.08. The van der Waals surface area contributed by atoms with Crippen molar-refractivity contribution in [3.8, 4) is 5.75 Å². The number of benzene rings is 2. The molecule has 0 unspecified atom stereocenters. The van der Waals surface area contributed by atoms with Gasteiger partial charge in [0.25, 0.3) is 5.91 Å². The Morgan fingerprint density at radius 2 is 1.64 bits per heavy atom. The molecule has 1 N–H and O–H groups in total. The number of carbonyl (C=O) groups is 1. The molecule has 1 amide bonds. The molecule has 0 aliphatic carbocycles. The molecule has 2 aromatic carbocycles. The van der Waals surface area contributed by atoms with Crippen molar-refractivity contribution in [3.63, 3.8) is 0 Å². The minimum absolute atomic E-state index is 0.0767. The van der Waals surface area contributed by atoms with Gasteiger partial charge in [0.1, 0.15) is 5.75 Å². The first kappa shape index (κ1) is 18.3. The third kappa shape index (κ3) is 3.40. The molecule has 0 radical (unpaired) electrons. The summed E-state index contributed by atoms with van der Waals surface area (Å²) in [6, 6.07) is 13.3. The van der Waals surface area contributed by atoms with Crippen LogP contribution in [0.2, 0.25) is 0 Å². The number of hydrogen-bond donors (Lipinski definition) is 1. The van der Waals surface area contributed by atoms with E-state index in [0.29, 0.717) is 13.1 Å². The molecule has 0 spiro atoms. The van der Waals surface area contributed by atoms with Gasteiger partial charge in [-0.05, 0) is 68.3 Å². The summed E-state index contributed by atoms with van der Waals surface area (Å²) in [7, 11) is 0. The molecule has 1 aliphatic rings. The fraction of sp³-hybridized carbons (Fsp3) is 0.304. The van der Waals surface area contributed by atoms with Gasteiger partial charge in [-0.1, -0.05) is 6.07 Å². The van der Waals surface area contributed by atoms with Crippen molar-refractivity contribution in [2.24, 2.45) is 0 Å². The van der Waals surface area contributed by atoms with Gasteiger partial charge in [0.05, 0.1) is 11.1 Å². The van der Waals surface area contributed by atoms with Crippen LogP contribution in [0.4, 0.5) is 5.69 Å². The summed E-state index contributed by atoms with van der Waals surface area (Å²) in [6.07, 6.45) is 0. The molecule has 0 atom stereocenters. The normalized spacial score (nSPS) is 14.5. The highest BCUT2D eigenvalue weighted by molar-refractivity contribution is 6.07. The Morgan fingerprint density at radius 3 is 2.32 bits per heavy atom. The molecule has 3 aromatic rings. The molecule has 0 saturated carbocycles. The number of pyridine rings is 1. The highest BCUT2D eigenvalue weighted by Gasteiger charge is 2.24. The van der Waals surface area contributed by atoms with Crippen LogP contribution in [-0.2, 0) is 0 Å². The summed E-state index contributed by atoms with van der Waals surface area (Å²) in [6.45, 7) is 8.94. The first-order chi connectivity index (χ1) is 13.4. The molecule has 1 aliphatic heterocycles. The van der Waals surface area contributed by atoms with E-state index in [9.17, 15) is 9.90 Å². The predicted octanol–water partition coefficient (Wildman–Crippen LogP) is 3.83. The largest absolute Gasteiger partial charge is 0.508 e. The van der Waals surface area contributed by atoms with Crippen LogP contribution in [0.1, 0.15) is 27.2 Å². The lowest BCUT2D eigenvalue weighted by molar-refractivity contribution is 0.0748. The predicted molar refractivity (Wildman–Crippen MR) is 112 cm³/mol. The Bertz CT molecular complexity index is 1030. The van der Waals surface area contributed by atoms with E-state index in [4.69, 9.17) is 0 Å². The number of piperazine rings is 1. The summed E-state index contributed by atoms with van der Waals surface area (Å²) in [5.74, 6) is 0.343. The van der Waals surface area contributed by atoms with E-state index in [0.717, 1.165) is 52.1 Å². The van der Waals surface area contributed by atoms with Crippen molar-refractivity contribution >= 4 is 22.5 Å². The molecule has 0 bridgehead atoms. The lowest BCUT2D eigenvalue weighted by Crippen LogP contribution is -2.48. The monoisotopic (exact) mass is 375 g/mol. The van der Waals surface area contributed by atoms with E-state index >= 15 is 0 Å². The Balaban J connectivity index is 1.58. The highest BCUT2D eigenvalue weighted by atomic mass is 16.3. The maximum atomic E-state index is 13.3. The van der Waals surface area contributed by atoms with Crippen LogP contribution in [0, 0.1) is 20.8 Å². The van der Waals surface area contributed by atoms with Crippen molar-refractivity contribution < 1.29 is 9.90 Å². The molecule has 5 heteroatoms. The molecular weight excluding hydrogens is 350 g/mol. The summed E-state index contributed by atoms with van der Waals surface area (Å²) in [5, 5.41) is 10.4. The lowest BCUT2D eigenvalue weighted by Gasteiger charge is -2.36. The Kier molecular flexibility index (Phi) is 4.67. The Labute approximate surface area is 165 Å². The summed E-state index contributed by atoms with van der Waals surface area (Å²) in [5.41, 5.74) is 5.82. The van der Waals surface area contributed by atoms with Crippen LogP contribution in [0.3, 0.4) is 0 Å². The van der Waals surface area contributed by atoms with E-state index in [1.54, 1.807) is 12.1 Å². The zero-order valence-electron chi connectivity index (χ0n) is 16.6. The molecule has 144 valence electrons.